The summed E-state index contributed by atoms with van der Waals surface area (Å²) in [4.78, 5) is 11.5. The second-order valence-electron chi connectivity index (χ2n) is 4.08. The van der Waals surface area contributed by atoms with E-state index >= 15 is 0 Å². The number of carbonyl (C=O) groups excluding carboxylic acids is 1. The summed E-state index contributed by atoms with van der Waals surface area (Å²) in [5.74, 6) is 0.815. The number of thioether (sulfide) groups is 1. The normalized spacial score (nSPS) is 11.8. The van der Waals surface area contributed by atoms with Gasteiger partial charge in [0, 0.05) is 39.5 Å². The average molecular weight is 294 g/mol. The molecule has 0 unspecified atom stereocenters. The van der Waals surface area contributed by atoms with Crippen molar-refractivity contribution in [3.05, 3.63) is 0 Å². The molecule has 0 atom stereocenters. The van der Waals surface area contributed by atoms with Gasteiger partial charge in [0.15, 0.2) is 5.12 Å². The van der Waals surface area contributed by atoms with Crippen molar-refractivity contribution in [1.29, 1.82) is 0 Å². The standard InChI is InChI=1S/C12H26O4SSi/c1-5-6-7-9-12(13)17-10-8-11-18(14-2,15-3)16-4/h5-11H2,1-4H3. The molecular formula is C12H26O4SSi. The van der Waals surface area contributed by atoms with Crippen LogP contribution >= 0.6 is 11.8 Å². The molecule has 0 spiro atoms. The molecule has 18 heavy (non-hydrogen) atoms. The smallest absolute Gasteiger partial charge is 0.377 e. The molecule has 0 aromatic carbocycles. The van der Waals surface area contributed by atoms with Crippen LogP contribution in [0.2, 0.25) is 6.04 Å². The van der Waals surface area contributed by atoms with Gasteiger partial charge in [0.05, 0.1) is 0 Å². The second-order valence-corrected chi connectivity index (χ2v) is 8.32. The number of rotatable bonds is 11. The predicted octanol–water partition coefficient (Wildman–Crippen LogP) is 3.09. The maximum absolute atomic E-state index is 11.5. The first-order valence-corrected chi connectivity index (χ1v) is 9.37. The van der Waals surface area contributed by atoms with E-state index in [9.17, 15) is 4.79 Å². The lowest BCUT2D eigenvalue weighted by atomic mass is 10.2. The van der Waals surface area contributed by atoms with Crippen molar-refractivity contribution in [2.24, 2.45) is 0 Å². The summed E-state index contributed by atoms with van der Waals surface area (Å²) < 4.78 is 16.0. The zero-order chi connectivity index (χ0) is 13.9. The first-order valence-electron chi connectivity index (χ1n) is 6.45. The Bertz CT molecular complexity index is 214. The van der Waals surface area contributed by atoms with Crippen LogP contribution in [0.1, 0.15) is 39.0 Å². The van der Waals surface area contributed by atoms with Gasteiger partial charge in [-0.2, -0.15) is 0 Å². The average Bonchev–Trinajstić information content (AvgIpc) is 2.40. The molecule has 0 amide bonds. The number of hydrogen-bond acceptors (Lipinski definition) is 5. The van der Waals surface area contributed by atoms with Crippen molar-refractivity contribution >= 4 is 25.7 Å². The third-order valence-electron chi connectivity index (χ3n) is 2.81. The Morgan fingerprint density at radius 3 is 2.17 bits per heavy atom. The van der Waals surface area contributed by atoms with Crippen molar-refractivity contribution < 1.29 is 18.1 Å². The molecule has 0 heterocycles. The van der Waals surface area contributed by atoms with Gasteiger partial charge in [-0.25, -0.2) is 0 Å². The van der Waals surface area contributed by atoms with Crippen LogP contribution in [0.5, 0.6) is 0 Å². The zero-order valence-corrected chi connectivity index (χ0v) is 13.8. The van der Waals surface area contributed by atoms with Crippen LogP contribution in [-0.2, 0) is 18.1 Å². The molecular weight excluding hydrogens is 268 g/mol. The molecule has 0 saturated carbocycles. The van der Waals surface area contributed by atoms with E-state index in [1.54, 1.807) is 21.3 Å². The van der Waals surface area contributed by atoms with Crippen molar-refractivity contribution in [3.8, 4) is 0 Å². The monoisotopic (exact) mass is 294 g/mol. The van der Waals surface area contributed by atoms with E-state index in [2.05, 4.69) is 6.92 Å². The molecule has 0 saturated heterocycles. The van der Waals surface area contributed by atoms with Gasteiger partial charge in [0.25, 0.3) is 0 Å². The van der Waals surface area contributed by atoms with E-state index in [1.165, 1.54) is 11.8 Å². The lowest BCUT2D eigenvalue weighted by Gasteiger charge is -2.23. The summed E-state index contributed by atoms with van der Waals surface area (Å²) in [7, 11) is 2.39. The van der Waals surface area contributed by atoms with Crippen molar-refractivity contribution in [2.75, 3.05) is 27.1 Å². The molecule has 0 aromatic heterocycles. The van der Waals surface area contributed by atoms with Crippen LogP contribution in [0.25, 0.3) is 0 Å². The van der Waals surface area contributed by atoms with Gasteiger partial charge in [0.1, 0.15) is 0 Å². The van der Waals surface area contributed by atoms with Gasteiger partial charge in [-0.1, -0.05) is 31.5 Å². The largest absolute Gasteiger partial charge is 0.500 e. The molecule has 0 aliphatic carbocycles. The molecule has 6 heteroatoms. The predicted molar refractivity (Wildman–Crippen MR) is 77.8 cm³/mol. The number of hydrogen-bond donors (Lipinski definition) is 0. The third kappa shape index (κ3) is 7.53. The Balaban J connectivity index is 3.68. The first kappa shape index (κ1) is 18.1. The minimum Gasteiger partial charge on any atom is -0.377 e. The molecule has 108 valence electrons. The lowest BCUT2D eigenvalue weighted by molar-refractivity contribution is -0.111. The van der Waals surface area contributed by atoms with Gasteiger partial charge in [-0.05, 0) is 12.8 Å². The Kier molecular flexibility index (Phi) is 11.1. The molecule has 0 radical (unpaired) electrons. The van der Waals surface area contributed by atoms with Gasteiger partial charge < -0.3 is 13.3 Å². The summed E-state index contributed by atoms with van der Waals surface area (Å²) in [6, 6.07) is 0.756. The highest BCUT2D eigenvalue weighted by molar-refractivity contribution is 8.13. The number of unbranched alkanes of at least 4 members (excludes halogenated alkanes) is 2. The summed E-state index contributed by atoms with van der Waals surface area (Å²) >= 11 is 1.42. The van der Waals surface area contributed by atoms with Gasteiger partial charge in [-0.3, -0.25) is 4.79 Å². The second kappa shape index (κ2) is 11.0. The Morgan fingerprint density at radius 1 is 1.06 bits per heavy atom. The first-order chi connectivity index (χ1) is 8.64. The molecule has 0 bridgehead atoms. The van der Waals surface area contributed by atoms with E-state index in [1.807, 2.05) is 0 Å². The maximum Gasteiger partial charge on any atom is 0.500 e. The molecule has 4 nitrogen and oxygen atoms in total. The van der Waals surface area contributed by atoms with Crippen LogP contribution in [0.15, 0.2) is 0 Å². The Hall–Kier alpha value is 0.117. The van der Waals surface area contributed by atoms with E-state index in [4.69, 9.17) is 13.3 Å². The summed E-state index contributed by atoms with van der Waals surface area (Å²) in [5.41, 5.74) is 0. The SMILES string of the molecule is CCCCCC(=O)SCCC[Si](OC)(OC)OC. The van der Waals surface area contributed by atoms with E-state index in [0.29, 0.717) is 11.5 Å². The Labute approximate surface area is 116 Å². The Morgan fingerprint density at radius 2 is 1.67 bits per heavy atom. The summed E-state index contributed by atoms with van der Waals surface area (Å²) in [6.07, 6.45) is 4.88. The van der Waals surface area contributed by atoms with Crippen LogP contribution in [0.4, 0.5) is 0 Å². The molecule has 0 N–H and O–H groups in total. The topological polar surface area (TPSA) is 44.8 Å². The fourth-order valence-electron chi connectivity index (χ4n) is 1.62. The molecule has 0 rings (SSSR count). The molecule has 0 aliphatic rings. The summed E-state index contributed by atoms with van der Waals surface area (Å²) in [5, 5.41) is 0.294. The van der Waals surface area contributed by atoms with E-state index in [-0.39, 0.29) is 0 Å². The zero-order valence-electron chi connectivity index (χ0n) is 12.0. The van der Waals surface area contributed by atoms with Crippen LogP contribution in [0.3, 0.4) is 0 Å². The van der Waals surface area contributed by atoms with Crippen molar-refractivity contribution in [3.63, 3.8) is 0 Å². The molecule has 0 aliphatic heterocycles. The lowest BCUT2D eigenvalue weighted by Crippen LogP contribution is -2.42. The van der Waals surface area contributed by atoms with Gasteiger partial charge in [-0.15, -0.1) is 0 Å². The summed E-state index contributed by atoms with van der Waals surface area (Å²) in [6.45, 7) is 2.14. The van der Waals surface area contributed by atoms with E-state index in [0.717, 1.165) is 37.5 Å². The van der Waals surface area contributed by atoms with Crippen molar-refractivity contribution in [1.82, 2.24) is 0 Å². The third-order valence-corrected chi connectivity index (χ3v) is 6.66. The van der Waals surface area contributed by atoms with Crippen LogP contribution in [-0.4, -0.2) is 41.0 Å². The van der Waals surface area contributed by atoms with Crippen molar-refractivity contribution in [2.45, 2.75) is 45.1 Å². The molecule has 0 aromatic rings. The highest BCUT2D eigenvalue weighted by Crippen LogP contribution is 2.18. The molecule has 0 fully saturated rings. The quantitative estimate of drug-likeness (QED) is 0.433. The highest BCUT2D eigenvalue weighted by atomic mass is 32.2. The van der Waals surface area contributed by atoms with Gasteiger partial charge >= 0.3 is 8.80 Å². The van der Waals surface area contributed by atoms with Gasteiger partial charge in [0.2, 0.25) is 0 Å². The number of carbonyl (C=O) groups is 1. The van der Waals surface area contributed by atoms with Crippen LogP contribution < -0.4 is 0 Å². The maximum atomic E-state index is 11.5. The minimum absolute atomic E-state index is 0.294. The fourth-order valence-corrected chi connectivity index (χ4v) is 4.41. The minimum atomic E-state index is -2.45. The highest BCUT2D eigenvalue weighted by Gasteiger charge is 2.36. The van der Waals surface area contributed by atoms with E-state index < -0.39 is 8.80 Å². The van der Waals surface area contributed by atoms with Crippen LogP contribution in [0, 0.1) is 0 Å². The fraction of sp³-hybridized carbons (Fsp3) is 0.917.